The van der Waals surface area contributed by atoms with Gasteiger partial charge in [-0.1, -0.05) is 54.6 Å². The van der Waals surface area contributed by atoms with Crippen LogP contribution in [0.1, 0.15) is 76.4 Å². The van der Waals surface area contributed by atoms with E-state index in [1.165, 1.54) is 10.8 Å². The number of aromatic amines is 1. The zero-order valence-corrected chi connectivity index (χ0v) is 36.7. The number of benzene rings is 3. The third kappa shape index (κ3) is 9.10. The average Bonchev–Trinajstić information content (AvgIpc) is 3.70. The molecule has 5 atom stereocenters. The van der Waals surface area contributed by atoms with E-state index in [0.717, 1.165) is 16.7 Å². The number of methoxy groups -OCH3 is 2. The van der Waals surface area contributed by atoms with Gasteiger partial charge in [0.2, 0.25) is 0 Å². The number of nitrogens with one attached hydrogen (secondary N) is 1. The summed E-state index contributed by atoms with van der Waals surface area (Å²) in [7, 11) is 1.50. The fourth-order valence-electron chi connectivity index (χ4n) is 8.10. The zero-order chi connectivity index (χ0) is 43.4. The fraction of sp³-hybridized carbons (Fsp3) is 0.457. The molecule has 0 saturated carbocycles. The molecule has 60 heavy (non-hydrogen) atoms. The third-order valence-corrected chi connectivity index (χ3v) is 13.3. The van der Waals surface area contributed by atoms with Crippen LogP contribution in [0.5, 0.6) is 11.5 Å². The number of H-pyrrole nitrogens is 1. The molecule has 13 nitrogen and oxygen atoms in total. The SMILES string of the molecule is C#CCC(C)(C)OC(=O)CP(OC1[C@@H]2OC[C@]1(COC(c1ccccc1)(c1ccc(OC)cc1)c1ccc(OC)cc1)O[C@H]2n1cc(C)c(=O)[nH]c1=O)N(C(C)C)C(C)C. The summed E-state index contributed by atoms with van der Waals surface area (Å²) in [6.07, 6.45) is 4.51. The van der Waals surface area contributed by atoms with Crippen LogP contribution in [-0.2, 0) is 33.9 Å². The van der Waals surface area contributed by atoms with Crippen LogP contribution in [0, 0.1) is 19.3 Å². The monoisotopic (exact) mass is 841 g/mol. The lowest BCUT2D eigenvalue weighted by molar-refractivity contribution is -0.203. The smallest absolute Gasteiger partial charge is 0.330 e. The number of ether oxygens (including phenoxy) is 6. The van der Waals surface area contributed by atoms with Gasteiger partial charge in [-0.2, -0.15) is 0 Å². The Hall–Kier alpha value is -4.80. The van der Waals surface area contributed by atoms with Crippen LogP contribution in [0.3, 0.4) is 0 Å². The number of fused-ring (bicyclic) bond motifs is 2. The summed E-state index contributed by atoms with van der Waals surface area (Å²) in [6.45, 7) is 13.3. The maximum atomic E-state index is 13.8. The molecule has 0 aliphatic carbocycles. The molecular formula is C46H56N3O10P. The second-order valence-corrected chi connectivity index (χ2v) is 18.0. The number of carbonyl (C=O) groups is 1. The van der Waals surface area contributed by atoms with Gasteiger partial charge >= 0.3 is 11.7 Å². The van der Waals surface area contributed by atoms with Crippen LogP contribution in [0.25, 0.3) is 0 Å². The third-order valence-electron chi connectivity index (χ3n) is 10.8. The van der Waals surface area contributed by atoms with E-state index in [4.69, 9.17) is 39.4 Å². The maximum Gasteiger partial charge on any atom is 0.330 e. The molecule has 2 saturated heterocycles. The summed E-state index contributed by atoms with van der Waals surface area (Å²) in [5.74, 6) is 3.48. The highest BCUT2D eigenvalue weighted by Gasteiger charge is 2.65. The Morgan fingerprint density at radius 1 is 0.950 bits per heavy atom. The predicted molar refractivity (Wildman–Crippen MR) is 229 cm³/mol. The second kappa shape index (κ2) is 18.4. The Balaban J connectivity index is 1.49. The van der Waals surface area contributed by atoms with Gasteiger partial charge in [-0.3, -0.25) is 23.8 Å². The molecule has 2 bridgehead atoms. The van der Waals surface area contributed by atoms with Gasteiger partial charge in [0.25, 0.3) is 5.56 Å². The molecule has 2 aliphatic heterocycles. The van der Waals surface area contributed by atoms with E-state index in [9.17, 15) is 14.4 Å². The van der Waals surface area contributed by atoms with Gasteiger partial charge in [-0.15, -0.1) is 12.3 Å². The first-order valence-corrected chi connectivity index (χ1v) is 21.5. The van der Waals surface area contributed by atoms with E-state index in [-0.39, 0.29) is 37.9 Å². The van der Waals surface area contributed by atoms with Gasteiger partial charge in [-0.05, 0) is 89.4 Å². The first-order chi connectivity index (χ1) is 28.6. The van der Waals surface area contributed by atoms with Crippen molar-refractivity contribution in [1.82, 2.24) is 14.2 Å². The molecule has 2 fully saturated rings. The number of nitrogens with zero attached hydrogens (tertiary/aromatic N) is 2. The lowest BCUT2D eigenvalue weighted by Gasteiger charge is -2.42. The van der Waals surface area contributed by atoms with E-state index in [0.29, 0.717) is 17.1 Å². The topological polar surface area (TPSA) is 140 Å². The Kier molecular flexibility index (Phi) is 13.8. The molecule has 3 aromatic carbocycles. The number of rotatable bonds is 18. The first-order valence-electron chi connectivity index (χ1n) is 20.1. The van der Waals surface area contributed by atoms with Crippen molar-refractivity contribution in [3.63, 3.8) is 0 Å². The van der Waals surface area contributed by atoms with Crippen LogP contribution in [-0.4, -0.2) is 89.3 Å². The number of terminal acetylenes is 1. The molecular weight excluding hydrogens is 785 g/mol. The van der Waals surface area contributed by atoms with Crippen molar-refractivity contribution in [3.05, 3.63) is 128 Å². The minimum atomic E-state index is -1.73. The molecule has 1 N–H and O–H groups in total. The van der Waals surface area contributed by atoms with Crippen molar-refractivity contribution in [2.45, 2.75) is 102 Å². The van der Waals surface area contributed by atoms with Gasteiger partial charge in [-0.25, -0.2) is 4.79 Å². The van der Waals surface area contributed by atoms with Gasteiger partial charge < -0.3 is 32.9 Å². The van der Waals surface area contributed by atoms with Crippen molar-refractivity contribution >= 4 is 14.3 Å². The van der Waals surface area contributed by atoms with Gasteiger partial charge in [0, 0.05) is 30.3 Å². The molecule has 320 valence electrons. The van der Waals surface area contributed by atoms with Gasteiger partial charge in [0.15, 0.2) is 6.23 Å². The zero-order valence-electron chi connectivity index (χ0n) is 35.8. The van der Waals surface area contributed by atoms with Crippen molar-refractivity contribution in [1.29, 1.82) is 0 Å². The minimum absolute atomic E-state index is 0.0353. The number of hydrogen-bond acceptors (Lipinski definition) is 11. The highest BCUT2D eigenvalue weighted by atomic mass is 31.2. The molecule has 1 aromatic heterocycles. The molecule has 4 aromatic rings. The van der Waals surface area contributed by atoms with Crippen molar-refractivity contribution in [3.8, 4) is 23.8 Å². The first kappa shape index (κ1) is 44.7. The van der Waals surface area contributed by atoms with E-state index in [2.05, 4.69) is 15.6 Å². The number of aromatic nitrogens is 2. The molecule has 0 radical (unpaired) electrons. The van der Waals surface area contributed by atoms with Gasteiger partial charge in [0.1, 0.15) is 55.0 Å². The Morgan fingerprint density at radius 3 is 2.05 bits per heavy atom. The molecule has 2 aliphatic rings. The Labute approximate surface area is 353 Å². The lowest BCUT2D eigenvalue weighted by Crippen LogP contribution is -2.49. The van der Waals surface area contributed by atoms with Crippen LogP contribution >= 0.6 is 8.30 Å². The van der Waals surface area contributed by atoms with Crippen LogP contribution < -0.4 is 20.7 Å². The largest absolute Gasteiger partial charge is 0.497 e. The predicted octanol–water partition coefficient (Wildman–Crippen LogP) is 6.70. The summed E-state index contributed by atoms with van der Waals surface area (Å²) >= 11 is 0. The lowest BCUT2D eigenvalue weighted by atomic mass is 9.79. The van der Waals surface area contributed by atoms with Crippen LogP contribution in [0.4, 0.5) is 0 Å². The van der Waals surface area contributed by atoms with Crippen LogP contribution in [0.2, 0.25) is 0 Å². The van der Waals surface area contributed by atoms with E-state index in [1.54, 1.807) is 35.0 Å². The molecule has 14 heteroatoms. The van der Waals surface area contributed by atoms with Crippen LogP contribution in [0.15, 0.2) is 94.6 Å². The summed E-state index contributed by atoms with van der Waals surface area (Å²) < 4.78 is 48.7. The normalized spacial score (nSPS) is 20.7. The van der Waals surface area contributed by atoms with E-state index in [1.807, 2.05) is 107 Å². The molecule has 6 rings (SSSR count). The van der Waals surface area contributed by atoms with Crippen molar-refractivity contribution < 1.29 is 37.7 Å². The molecule has 3 heterocycles. The number of esters is 1. The Morgan fingerprint density at radius 2 is 1.52 bits per heavy atom. The van der Waals surface area contributed by atoms with Gasteiger partial charge in [0.05, 0.1) is 27.4 Å². The average molecular weight is 842 g/mol. The summed E-state index contributed by atoms with van der Waals surface area (Å²) in [5.41, 5.74) is -1.87. The number of hydrogen-bond donors (Lipinski definition) is 1. The summed E-state index contributed by atoms with van der Waals surface area (Å²) in [4.78, 5) is 42.2. The highest BCUT2D eigenvalue weighted by Crippen LogP contribution is 2.55. The molecule has 2 unspecified atom stereocenters. The van der Waals surface area contributed by atoms with E-state index >= 15 is 0 Å². The molecule has 0 spiro atoms. The Bertz CT molecular complexity index is 2200. The minimum Gasteiger partial charge on any atom is -0.497 e. The summed E-state index contributed by atoms with van der Waals surface area (Å²) in [6, 6.07) is 25.2. The van der Waals surface area contributed by atoms with E-state index < -0.39 is 60.8 Å². The molecule has 0 amide bonds. The highest BCUT2D eigenvalue weighted by molar-refractivity contribution is 7.51. The standard InChI is InChI=1S/C46H56N3O10P/c1-11-25-44(7,8)57-38(50)27-60(49(30(2)3)31(4)5)59-40-39-42(48-26-32(6)41(51)47-43(48)52)58-45(40,28-55-39)29-56-46(33-15-13-12-14-16-33,34-17-21-36(53-9)22-18-34)35-19-23-37(54-10)24-20-35/h1,12-24,26,30-31,39-40,42H,25,27-29H2,2-10H3,(H,47,51,52)/t39-,40?,42+,45+,60?/m0/s1. The maximum absolute atomic E-state index is 13.8. The fourth-order valence-corrected chi connectivity index (χ4v) is 10.3. The second-order valence-electron chi connectivity index (χ2n) is 16.3. The van der Waals surface area contributed by atoms with Crippen molar-refractivity contribution in [2.24, 2.45) is 0 Å². The number of aryl methyl sites for hydroxylation is 1. The quantitative estimate of drug-likeness (QED) is 0.0496. The van der Waals surface area contributed by atoms with Crippen molar-refractivity contribution in [2.75, 3.05) is 33.6 Å². The summed E-state index contributed by atoms with van der Waals surface area (Å²) in [5, 5.41) is 0. The number of carbonyl (C=O) groups excluding carboxylic acids is 1.